The first-order valence-electron chi connectivity index (χ1n) is 5.46. The number of rotatable bonds is 6. The minimum Gasteiger partial charge on any atom is -0.477 e. The van der Waals surface area contributed by atoms with Gasteiger partial charge in [0.1, 0.15) is 11.4 Å². The Hall–Kier alpha value is -1.77. The van der Waals surface area contributed by atoms with Gasteiger partial charge in [-0.2, -0.15) is 0 Å². The molecule has 0 atom stereocenters. The summed E-state index contributed by atoms with van der Waals surface area (Å²) in [5, 5.41) is 8.70. The van der Waals surface area contributed by atoms with E-state index in [1.54, 1.807) is 0 Å². The maximum atomic E-state index is 13.9. The fourth-order valence-corrected chi connectivity index (χ4v) is 2.69. The summed E-state index contributed by atoms with van der Waals surface area (Å²) in [6.45, 7) is -0.862. The van der Waals surface area contributed by atoms with E-state index in [0.29, 0.717) is 10.4 Å². The van der Waals surface area contributed by atoms with Crippen LogP contribution >= 0.6 is 0 Å². The number of hydrogen-bond donors (Lipinski definition) is 1. The largest absolute Gasteiger partial charge is 0.477 e. The quantitative estimate of drug-likeness (QED) is 0.869. The average Bonchev–Trinajstić information content (AvgIpc) is 2.35. The van der Waals surface area contributed by atoms with E-state index < -0.39 is 51.3 Å². The van der Waals surface area contributed by atoms with Gasteiger partial charge in [-0.3, -0.25) is 8.70 Å². The number of carboxylic acid groups (broad SMARTS) is 1. The molecule has 0 heterocycles. The summed E-state index contributed by atoms with van der Waals surface area (Å²) < 4.78 is 63.1. The summed E-state index contributed by atoms with van der Waals surface area (Å²) in [7, 11) is -3.03. The van der Waals surface area contributed by atoms with Crippen LogP contribution in [0.4, 0.5) is 18.9 Å². The summed E-state index contributed by atoms with van der Waals surface area (Å²) in [6, 6.07) is 1.47. The lowest BCUT2D eigenvalue weighted by Gasteiger charge is -2.20. The minimum absolute atomic E-state index is 0.277. The molecule has 5 nitrogen and oxygen atoms in total. The number of alkyl halides is 1. The van der Waals surface area contributed by atoms with Crippen molar-refractivity contribution in [3.63, 3.8) is 0 Å². The fraction of sp³-hybridized carbons (Fsp3) is 0.364. The van der Waals surface area contributed by atoms with Gasteiger partial charge in [-0.25, -0.2) is 22.0 Å². The van der Waals surface area contributed by atoms with Crippen LogP contribution in [0.2, 0.25) is 0 Å². The van der Waals surface area contributed by atoms with Crippen molar-refractivity contribution in [3.05, 3.63) is 29.3 Å². The highest BCUT2D eigenvalue weighted by atomic mass is 32.2. The molecule has 1 rings (SSSR count). The Bertz CT molecular complexity index is 618. The van der Waals surface area contributed by atoms with Crippen LogP contribution < -0.4 is 4.31 Å². The molecule has 20 heavy (non-hydrogen) atoms. The minimum atomic E-state index is -4.02. The summed E-state index contributed by atoms with van der Waals surface area (Å²) in [6.07, 6.45) is -0.277. The van der Waals surface area contributed by atoms with Gasteiger partial charge in [0.2, 0.25) is 10.0 Å². The second-order valence-corrected chi connectivity index (χ2v) is 6.01. The molecule has 1 aromatic rings. The number of carboxylic acids is 1. The number of benzene rings is 1. The van der Waals surface area contributed by atoms with E-state index >= 15 is 0 Å². The van der Waals surface area contributed by atoms with Crippen LogP contribution in [-0.4, -0.2) is 39.0 Å². The first-order valence-corrected chi connectivity index (χ1v) is 7.07. The van der Waals surface area contributed by atoms with Gasteiger partial charge in [0.25, 0.3) is 0 Å². The molecular formula is C11H12F3NO4S. The zero-order valence-electron chi connectivity index (χ0n) is 10.4. The Labute approximate surface area is 113 Å². The third-order valence-electron chi connectivity index (χ3n) is 2.58. The number of hydrogen-bond acceptors (Lipinski definition) is 3. The molecule has 112 valence electrons. The molecule has 0 spiro atoms. The van der Waals surface area contributed by atoms with Gasteiger partial charge < -0.3 is 5.11 Å². The van der Waals surface area contributed by atoms with Crippen molar-refractivity contribution >= 4 is 21.7 Å². The third-order valence-corrected chi connectivity index (χ3v) is 4.41. The topological polar surface area (TPSA) is 74.7 Å². The Kier molecular flexibility index (Phi) is 4.98. The second-order valence-electron chi connectivity index (χ2n) is 3.89. The van der Waals surface area contributed by atoms with Crippen LogP contribution in [0.5, 0.6) is 0 Å². The van der Waals surface area contributed by atoms with Crippen LogP contribution in [0, 0.1) is 11.6 Å². The smallest absolute Gasteiger partial charge is 0.341 e. The summed E-state index contributed by atoms with van der Waals surface area (Å²) in [5.41, 5.74) is -1.85. The SMILES string of the molecule is CN(c1ccc(F)c(C(=O)O)c1F)S(=O)(=O)CCCF. The van der Waals surface area contributed by atoms with Crippen molar-refractivity contribution in [1.29, 1.82) is 0 Å². The molecule has 0 radical (unpaired) electrons. The van der Waals surface area contributed by atoms with Crippen molar-refractivity contribution in [2.24, 2.45) is 0 Å². The number of nitrogens with zero attached hydrogens (tertiary/aromatic N) is 1. The third kappa shape index (κ3) is 3.21. The van der Waals surface area contributed by atoms with E-state index in [1.165, 1.54) is 0 Å². The van der Waals surface area contributed by atoms with Crippen molar-refractivity contribution in [2.45, 2.75) is 6.42 Å². The Balaban J connectivity index is 3.28. The molecule has 1 N–H and O–H groups in total. The van der Waals surface area contributed by atoms with E-state index in [2.05, 4.69) is 0 Å². The average molecular weight is 311 g/mol. The van der Waals surface area contributed by atoms with E-state index in [1.807, 2.05) is 0 Å². The predicted molar refractivity (Wildman–Crippen MR) is 66.1 cm³/mol. The lowest BCUT2D eigenvalue weighted by molar-refractivity contribution is 0.0686. The molecule has 0 aliphatic carbocycles. The van der Waals surface area contributed by atoms with Gasteiger partial charge in [-0.05, 0) is 18.6 Å². The molecular weight excluding hydrogens is 299 g/mol. The van der Waals surface area contributed by atoms with Gasteiger partial charge in [0, 0.05) is 7.05 Å². The molecule has 0 aliphatic rings. The molecule has 0 bridgehead atoms. The molecule has 0 aromatic heterocycles. The Morgan fingerprint density at radius 2 is 1.95 bits per heavy atom. The molecule has 0 saturated heterocycles. The number of anilines is 1. The van der Waals surface area contributed by atoms with E-state index in [9.17, 15) is 26.4 Å². The Morgan fingerprint density at radius 1 is 1.35 bits per heavy atom. The number of carbonyl (C=O) groups is 1. The van der Waals surface area contributed by atoms with Crippen LogP contribution in [-0.2, 0) is 10.0 Å². The Morgan fingerprint density at radius 3 is 2.45 bits per heavy atom. The van der Waals surface area contributed by atoms with Crippen LogP contribution in [0.15, 0.2) is 12.1 Å². The fourth-order valence-electron chi connectivity index (χ4n) is 1.50. The maximum absolute atomic E-state index is 13.9. The van der Waals surface area contributed by atoms with Crippen LogP contribution in [0.3, 0.4) is 0 Å². The summed E-state index contributed by atoms with van der Waals surface area (Å²) >= 11 is 0. The predicted octanol–water partition coefficient (Wildman–Crippen LogP) is 1.79. The van der Waals surface area contributed by atoms with Gasteiger partial charge >= 0.3 is 5.97 Å². The number of aromatic carboxylic acids is 1. The zero-order chi connectivity index (χ0) is 15.5. The highest BCUT2D eigenvalue weighted by molar-refractivity contribution is 7.92. The molecule has 0 amide bonds. The normalized spacial score (nSPS) is 11.4. The van der Waals surface area contributed by atoms with Crippen molar-refractivity contribution in [1.82, 2.24) is 0 Å². The summed E-state index contributed by atoms with van der Waals surface area (Å²) in [4.78, 5) is 10.7. The first kappa shape index (κ1) is 16.3. The van der Waals surface area contributed by atoms with E-state index in [0.717, 1.165) is 13.1 Å². The standard InChI is InChI=1S/C11H12F3NO4S/c1-15(20(18,19)6-2-5-12)8-4-3-7(13)9(10(8)14)11(16)17/h3-4H,2,5-6H2,1H3,(H,16,17). The monoisotopic (exact) mass is 311 g/mol. The van der Waals surface area contributed by atoms with E-state index in [-0.39, 0.29) is 6.42 Å². The van der Waals surface area contributed by atoms with E-state index in [4.69, 9.17) is 5.11 Å². The van der Waals surface area contributed by atoms with Crippen molar-refractivity contribution in [2.75, 3.05) is 23.8 Å². The lowest BCUT2D eigenvalue weighted by Crippen LogP contribution is -2.30. The highest BCUT2D eigenvalue weighted by Crippen LogP contribution is 2.26. The highest BCUT2D eigenvalue weighted by Gasteiger charge is 2.26. The molecule has 0 aliphatic heterocycles. The zero-order valence-corrected chi connectivity index (χ0v) is 11.3. The second kappa shape index (κ2) is 6.12. The molecule has 0 fully saturated rings. The van der Waals surface area contributed by atoms with Gasteiger partial charge in [0.05, 0.1) is 18.1 Å². The summed E-state index contributed by atoms with van der Waals surface area (Å²) in [5.74, 6) is -5.23. The first-order chi connectivity index (χ1) is 9.22. The molecule has 0 saturated carbocycles. The van der Waals surface area contributed by atoms with Crippen LogP contribution in [0.1, 0.15) is 16.8 Å². The van der Waals surface area contributed by atoms with Gasteiger partial charge in [-0.15, -0.1) is 0 Å². The number of halogens is 3. The molecule has 1 aromatic carbocycles. The molecule has 0 unspecified atom stereocenters. The van der Waals surface area contributed by atoms with Crippen molar-refractivity contribution in [3.8, 4) is 0 Å². The van der Waals surface area contributed by atoms with Gasteiger partial charge in [-0.1, -0.05) is 0 Å². The maximum Gasteiger partial charge on any atom is 0.341 e. The van der Waals surface area contributed by atoms with Crippen molar-refractivity contribution < 1.29 is 31.5 Å². The number of sulfonamides is 1. The lowest BCUT2D eigenvalue weighted by atomic mass is 10.1. The van der Waals surface area contributed by atoms with Crippen LogP contribution in [0.25, 0.3) is 0 Å². The van der Waals surface area contributed by atoms with Gasteiger partial charge in [0.15, 0.2) is 5.82 Å². The molecule has 9 heteroatoms.